The van der Waals surface area contributed by atoms with Crippen molar-refractivity contribution >= 4 is 33.5 Å². The Morgan fingerprint density at radius 1 is 0.912 bits per heavy atom. The molecule has 182 valence electrons. The van der Waals surface area contributed by atoms with Gasteiger partial charge in [0.25, 0.3) is 5.91 Å². The summed E-state index contributed by atoms with van der Waals surface area (Å²) < 4.78 is 32.1. The number of carbonyl (C=O) groups excluding carboxylic acids is 3. The van der Waals surface area contributed by atoms with Crippen molar-refractivity contribution in [3.05, 3.63) is 59.7 Å². The molecule has 0 radical (unpaired) electrons. The number of anilines is 1. The third-order valence-electron chi connectivity index (χ3n) is 5.52. The van der Waals surface area contributed by atoms with E-state index < -0.39 is 16.0 Å². The van der Waals surface area contributed by atoms with Gasteiger partial charge >= 0.3 is 5.97 Å². The summed E-state index contributed by atoms with van der Waals surface area (Å²) in [6, 6.07) is 12.0. The van der Waals surface area contributed by atoms with Crippen molar-refractivity contribution < 1.29 is 27.5 Å². The molecule has 1 saturated carbocycles. The van der Waals surface area contributed by atoms with Crippen LogP contribution in [0.1, 0.15) is 53.3 Å². The fourth-order valence-electron chi connectivity index (χ4n) is 3.67. The number of benzene rings is 2. The van der Waals surface area contributed by atoms with Gasteiger partial charge in [-0.15, -0.1) is 0 Å². The van der Waals surface area contributed by atoms with Crippen LogP contribution in [0, 0.1) is 5.92 Å². The van der Waals surface area contributed by atoms with Crippen LogP contribution in [0.4, 0.5) is 5.69 Å². The first kappa shape index (κ1) is 25.4. The van der Waals surface area contributed by atoms with Crippen LogP contribution < -0.4 is 15.4 Å². The molecule has 0 aliphatic heterocycles. The summed E-state index contributed by atoms with van der Waals surface area (Å²) in [7, 11) is -3.80. The maximum absolute atomic E-state index is 12.4. The lowest BCUT2D eigenvalue weighted by atomic mass is 10.1. The van der Waals surface area contributed by atoms with Crippen molar-refractivity contribution in [1.29, 1.82) is 0 Å². The molecule has 34 heavy (non-hydrogen) atoms. The maximum Gasteiger partial charge on any atom is 0.338 e. The maximum atomic E-state index is 12.4. The van der Waals surface area contributed by atoms with E-state index in [9.17, 15) is 22.8 Å². The van der Waals surface area contributed by atoms with Gasteiger partial charge in [0, 0.05) is 30.3 Å². The summed E-state index contributed by atoms with van der Waals surface area (Å²) in [6.45, 7) is 1.99. The highest BCUT2D eigenvalue weighted by molar-refractivity contribution is 7.89. The second-order valence-corrected chi connectivity index (χ2v) is 9.71. The molecule has 0 bridgehead atoms. The van der Waals surface area contributed by atoms with Gasteiger partial charge in [0.2, 0.25) is 15.9 Å². The Kier molecular flexibility index (Phi) is 8.78. The van der Waals surface area contributed by atoms with E-state index in [1.54, 1.807) is 31.2 Å². The molecule has 0 spiro atoms. The largest absolute Gasteiger partial charge is 0.462 e. The van der Waals surface area contributed by atoms with Crippen molar-refractivity contribution in [2.45, 2.75) is 37.5 Å². The molecule has 10 heteroatoms. The predicted octanol–water partition coefficient (Wildman–Crippen LogP) is 2.70. The average molecular weight is 488 g/mol. The lowest BCUT2D eigenvalue weighted by molar-refractivity contribution is -0.119. The van der Waals surface area contributed by atoms with E-state index in [-0.39, 0.29) is 47.9 Å². The SMILES string of the molecule is CCOC(=O)c1ccc(S(=O)(=O)NCCNC(=O)c2ccc(NC(=O)C3CCCC3)cc2)cc1. The van der Waals surface area contributed by atoms with Crippen LogP contribution in [0.2, 0.25) is 0 Å². The van der Waals surface area contributed by atoms with Gasteiger partial charge in [0.15, 0.2) is 0 Å². The molecule has 0 atom stereocenters. The van der Waals surface area contributed by atoms with Gasteiger partial charge in [-0.2, -0.15) is 0 Å². The number of rotatable bonds is 10. The first-order valence-corrected chi connectivity index (χ1v) is 12.7. The van der Waals surface area contributed by atoms with Crippen LogP contribution in [0.25, 0.3) is 0 Å². The number of nitrogens with one attached hydrogen (secondary N) is 3. The molecular weight excluding hydrogens is 458 g/mol. The Morgan fingerprint density at radius 2 is 1.53 bits per heavy atom. The molecule has 3 N–H and O–H groups in total. The van der Waals surface area contributed by atoms with Gasteiger partial charge in [-0.1, -0.05) is 12.8 Å². The van der Waals surface area contributed by atoms with E-state index in [1.807, 2.05) is 0 Å². The summed E-state index contributed by atoms with van der Waals surface area (Å²) in [4.78, 5) is 36.2. The van der Waals surface area contributed by atoms with E-state index >= 15 is 0 Å². The number of amides is 2. The molecule has 0 aromatic heterocycles. The number of hydrogen-bond donors (Lipinski definition) is 3. The second-order valence-electron chi connectivity index (χ2n) is 7.95. The van der Waals surface area contributed by atoms with Gasteiger partial charge in [-0.05, 0) is 68.3 Å². The molecule has 9 nitrogen and oxygen atoms in total. The second kappa shape index (κ2) is 11.8. The first-order valence-electron chi connectivity index (χ1n) is 11.3. The minimum absolute atomic E-state index is 0.00196. The number of carbonyl (C=O) groups is 3. The molecule has 0 unspecified atom stereocenters. The van der Waals surface area contributed by atoms with Gasteiger partial charge in [0.05, 0.1) is 17.1 Å². The Morgan fingerprint density at radius 3 is 2.15 bits per heavy atom. The van der Waals surface area contributed by atoms with Crippen LogP contribution in [-0.4, -0.2) is 45.9 Å². The van der Waals surface area contributed by atoms with Crippen LogP contribution in [-0.2, 0) is 19.6 Å². The zero-order chi connectivity index (χ0) is 24.6. The molecule has 1 aliphatic carbocycles. The topological polar surface area (TPSA) is 131 Å². The summed E-state index contributed by atoms with van der Waals surface area (Å²) >= 11 is 0. The fraction of sp³-hybridized carbons (Fsp3) is 0.375. The molecule has 3 rings (SSSR count). The van der Waals surface area contributed by atoms with Crippen LogP contribution in [0.3, 0.4) is 0 Å². The Labute approximate surface area is 199 Å². The highest BCUT2D eigenvalue weighted by Gasteiger charge is 2.22. The normalized spacial score (nSPS) is 13.9. The van der Waals surface area contributed by atoms with Gasteiger partial charge in [-0.25, -0.2) is 17.9 Å². The molecule has 1 aliphatic rings. The first-order chi connectivity index (χ1) is 16.3. The molecule has 0 heterocycles. The number of ether oxygens (including phenoxy) is 1. The fourth-order valence-corrected chi connectivity index (χ4v) is 4.70. The predicted molar refractivity (Wildman–Crippen MR) is 127 cm³/mol. The van der Waals surface area contributed by atoms with Crippen molar-refractivity contribution in [2.75, 3.05) is 25.0 Å². The zero-order valence-electron chi connectivity index (χ0n) is 19.0. The minimum Gasteiger partial charge on any atom is -0.462 e. The minimum atomic E-state index is -3.80. The van der Waals surface area contributed by atoms with Crippen molar-refractivity contribution in [3.63, 3.8) is 0 Å². The third kappa shape index (κ3) is 6.88. The van der Waals surface area contributed by atoms with E-state index in [0.717, 1.165) is 25.7 Å². The number of sulfonamides is 1. The quantitative estimate of drug-likeness (QED) is 0.349. The van der Waals surface area contributed by atoms with E-state index in [1.165, 1.54) is 24.3 Å². The van der Waals surface area contributed by atoms with E-state index in [0.29, 0.717) is 11.3 Å². The van der Waals surface area contributed by atoms with Crippen LogP contribution in [0.15, 0.2) is 53.4 Å². The van der Waals surface area contributed by atoms with Crippen LogP contribution in [0.5, 0.6) is 0 Å². The summed E-state index contributed by atoms with van der Waals surface area (Å²) in [5.41, 5.74) is 1.30. The molecule has 2 amide bonds. The zero-order valence-corrected chi connectivity index (χ0v) is 19.8. The average Bonchev–Trinajstić information content (AvgIpc) is 3.38. The van der Waals surface area contributed by atoms with Crippen molar-refractivity contribution in [3.8, 4) is 0 Å². The highest BCUT2D eigenvalue weighted by Crippen LogP contribution is 2.26. The monoisotopic (exact) mass is 487 g/mol. The number of hydrogen-bond acceptors (Lipinski definition) is 6. The number of esters is 1. The smallest absolute Gasteiger partial charge is 0.338 e. The molecule has 2 aromatic rings. The lowest BCUT2D eigenvalue weighted by Crippen LogP contribution is -2.34. The Bertz CT molecular complexity index is 1110. The molecule has 0 saturated heterocycles. The van der Waals surface area contributed by atoms with Gasteiger partial charge < -0.3 is 15.4 Å². The lowest BCUT2D eigenvalue weighted by Gasteiger charge is -2.11. The van der Waals surface area contributed by atoms with Crippen molar-refractivity contribution in [2.24, 2.45) is 5.92 Å². The molecular formula is C24H29N3O6S. The summed E-state index contributed by atoms with van der Waals surface area (Å²) in [5.74, 6) is -0.808. The van der Waals surface area contributed by atoms with Gasteiger partial charge in [-0.3, -0.25) is 9.59 Å². The molecule has 1 fully saturated rings. The highest BCUT2D eigenvalue weighted by atomic mass is 32.2. The summed E-state index contributed by atoms with van der Waals surface area (Å²) in [5, 5.41) is 5.53. The Balaban J connectivity index is 1.44. The van der Waals surface area contributed by atoms with Gasteiger partial charge in [0.1, 0.15) is 0 Å². The summed E-state index contributed by atoms with van der Waals surface area (Å²) in [6.07, 6.45) is 3.98. The van der Waals surface area contributed by atoms with E-state index in [4.69, 9.17) is 4.74 Å². The Hall–Kier alpha value is -3.24. The standard InChI is InChI=1S/C24H29N3O6S/c1-2-33-24(30)19-9-13-21(14-10-19)34(31,32)26-16-15-25-22(28)18-7-11-20(12-8-18)27-23(29)17-5-3-4-6-17/h7-14,17,26H,2-6,15-16H2,1H3,(H,25,28)(H,27,29). The van der Waals surface area contributed by atoms with Crippen LogP contribution >= 0.6 is 0 Å². The van der Waals surface area contributed by atoms with Crippen molar-refractivity contribution in [1.82, 2.24) is 10.0 Å². The van der Waals surface area contributed by atoms with E-state index in [2.05, 4.69) is 15.4 Å². The molecule has 2 aromatic carbocycles. The third-order valence-corrected chi connectivity index (χ3v) is 7.00.